The summed E-state index contributed by atoms with van der Waals surface area (Å²) in [5, 5.41) is 27.7. The maximum Gasteiger partial charge on any atom is 0.392 e. The highest BCUT2D eigenvalue weighted by Crippen LogP contribution is 2.29. The summed E-state index contributed by atoms with van der Waals surface area (Å²) < 4.78 is 2.46. The van der Waals surface area contributed by atoms with Gasteiger partial charge in [0, 0.05) is 28.7 Å². The normalized spacial score (nSPS) is 11.5. The van der Waals surface area contributed by atoms with E-state index >= 15 is 0 Å². The maximum atomic E-state index is 12.6. The molecule has 4 rings (SSSR count). The van der Waals surface area contributed by atoms with Gasteiger partial charge >= 0.3 is 11.6 Å². The number of fused-ring (bicyclic) bond motifs is 1. The first-order chi connectivity index (χ1) is 19.0. The predicted octanol–water partition coefficient (Wildman–Crippen LogP) is 4.47. The average molecular weight is 627 g/mol. The molecule has 15 heteroatoms. The average Bonchev–Trinajstić information content (AvgIpc) is 3.21. The number of quaternary nitrogens is 1. The van der Waals surface area contributed by atoms with E-state index in [1.807, 2.05) is 32.3 Å². The van der Waals surface area contributed by atoms with Crippen molar-refractivity contribution in [1.82, 2.24) is 24.5 Å². The van der Waals surface area contributed by atoms with Crippen molar-refractivity contribution in [3.8, 4) is 6.07 Å². The van der Waals surface area contributed by atoms with Crippen molar-refractivity contribution in [3.63, 3.8) is 0 Å². The molecule has 0 bridgehead atoms. The first kappa shape index (κ1) is 28.6. The molecule has 4 aromatic rings. The highest BCUT2D eigenvalue weighted by Gasteiger charge is 2.30. The van der Waals surface area contributed by atoms with Crippen LogP contribution in [0.2, 0.25) is 5.02 Å². The topological polar surface area (TPSA) is 165 Å². The van der Waals surface area contributed by atoms with Crippen LogP contribution in [-0.4, -0.2) is 60.5 Å². The number of nitro groups is 1. The van der Waals surface area contributed by atoms with Crippen molar-refractivity contribution in [2.45, 2.75) is 6.54 Å². The van der Waals surface area contributed by atoms with E-state index < -0.39 is 10.8 Å². The first-order valence-corrected chi connectivity index (χ1v) is 12.9. The van der Waals surface area contributed by atoms with Crippen LogP contribution in [0.3, 0.4) is 0 Å². The van der Waals surface area contributed by atoms with Gasteiger partial charge in [0.25, 0.3) is 0 Å². The molecule has 0 atom stereocenters. The second kappa shape index (κ2) is 11.7. The Hall–Kier alpha value is -4.45. The van der Waals surface area contributed by atoms with Crippen LogP contribution in [0.1, 0.15) is 11.5 Å². The molecule has 1 amide bonds. The molecule has 0 unspecified atom stereocenters. The van der Waals surface area contributed by atoms with E-state index in [0.29, 0.717) is 39.8 Å². The van der Waals surface area contributed by atoms with E-state index in [9.17, 15) is 20.2 Å². The van der Waals surface area contributed by atoms with Crippen molar-refractivity contribution < 1.29 is 14.2 Å². The number of nitriles is 1. The number of benzene rings is 1. The van der Waals surface area contributed by atoms with Gasteiger partial charge in [-0.2, -0.15) is 5.26 Å². The smallest absolute Gasteiger partial charge is 0.358 e. The summed E-state index contributed by atoms with van der Waals surface area (Å²) in [7, 11) is 5.26. The van der Waals surface area contributed by atoms with E-state index in [4.69, 9.17) is 11.6 Å². The highest BCUT2D eigenvalue weighted by atomic mass is 79.9. The van der Waals surface area contributed by atoms with Crippen LogP contribution in [0.15, 0.2) is 53.4 Å². The molecule has 13 nitrogen and oxygen atoms in total. The molecule has 40 heavy (non-hydrogen) atoms. The molecule has 2 N–H and O–H groups in total. The number of imidazole rings is 1. The molecule has 0 aliphatic carbocycles. The molecule has 0 fully saturated rings. The fourth-order valence-corrected chi connectivity index (χ4v) is 4.29. The number of amides is 1. The first-order valence-electron chi connectivity index (χ1n) is 11.7. The summed E-state index contributed by atoms with van der Waals surface area (Å²) in [4.78, 5) is 40.1. The van der Waals surface area contributed by atoms with Crippen molar-refractivity contribution >= 4 is 67.5 Å². The lowest BCUT2D eigenvalue weighted by Gasteiger charge is -2.28. The van der Waals surface area contributed by atoms with Crippen LogP contribution < -0.4 is 10.6 Å². The van der Waals surface area contributed by atoms with E-state index in [0.717, 1.165) is 10.2 Å². The number of nitrogens with one attached hydrogen (secondary N) is 2. The van der Waals surface area contributed by atoms with Crippen molar-refractivity contribution in [3.05, 3.63) is 80.1 Å². The van der Waals surface area contributed by atoms with Gasteiger partial charge in [0.05, 0.1) is 37.4 Å². The monoisotopic (exact) mass is 625 g/mol. The third kappa shape index (κ3) is 6.57. The van der Waals surface area contributed by atoms with Crippen molar-refractivity contribution in [2.75, 3.05) is 31.3 Å². The number of likely N-dealkylation sites (N-methyl/N-ethyl adjacent to an activating group) is 1. The molecule has 3 aromatic heterocycles. The predicted molar refractivity (Wildman–Crippen MR) is 153 cm³/mol. The fraction of sp³-hybridized carbons (Fsp3) is 0.200. The van der Waals surface area contributed by atoms with E-state index in [1.54, 1.807) is 25.3 Å². The summed E-state index contributed by atoms with van der Waals surface area (Å²) in [5.41, 5.74) is 1.62. The molecule has 1 aromatic carbocycles. The third-order valence-corrected chi connectivity index (χ3v) is 7.10. The van der Waals surface area contributed by atoms with Crippen LogP contribution in [0.5, 0.6) is 0 Å². The van der Waals surface area contributed by atoms with Gasteiger partial charge in [0.2, 0.25) is 5.91 Å². The van der Waals surface area contributed by atoms with Crippen LogP contribution in [0.25, 0.3) is 10.9 Å². The zero-order chi connectivity index (χ0) is 29.0. The number of rotatable bonds is 9. The number of anilines is 3. The summed E-state index contributed by atoms with van der Waals surface area (Å²) in [6, 6.07) is 8.93. The Morgan fingerprint density at radius 2 is 2.08 bits per heavy atom. The van der Waals surface area contributed by atoms with Gasteiger partial charge in [-0.25, -0.2) is 15.0 Å². The number of aromatic nitrogens is 5. The second-order valence-corrected chi connectivity index (χ2v) is 10.6. The molecular formula is C25H23BrClN10O3+. The number of hydrogen-bond acceptors (Lipinski definition) is 9. The largest absolute Gasteiger partial charge is 0.392 e. The Labute approximate surface area is 242 Å². The van der Waals surface area contributed by atoms with Gasteiger partial charge in [-0.05, 0) is 56.2 Å². The quantitative estimate of drug-likeness (QED) is 0.118. The molecule has 204 valence electrons. The summed E-state index contributed by atoms with van der Waals surface area (Å²) in [6.07, 6.45) is 5.98. The zero-order valence-corrected chi connectivity index (χ0v) is 23.9. The maximum absolute atomic E-state index is 12.6. The molecule has 3 heterocycles. The molecule has 0 saturated heterocycles. The summed E-state index contributed by atoms with van der Waals surface area (Å²) in [6.45, 7) is 0.597. The Balaban J connectivity index is 1.45. The highest BCUT2D eigenvalue weighted by molar-refractivity contribution is 9.10. The van der Waals surface area contributed by atoms with Gasteiger partial charge in [0.15, 0.2) is 11.8 Å². The second-order valence-electron chi connectivity index (χ2n) is 9.36. The molecule has 0 aliphatic rings. The molecule has 0 saturated carbocycles. The third-order valence-electron chi connectivity index (χ3n) is 5.87. The Kier molecular flexibility index (Phi) is 8.38. The summed E-state index contributed by atoms with van der Waals surface area (Å²) >= 11 is 9.56. The number of pyridine rings is 1. The fourth-order valence-electron chi connectivity index (χ4n) is 3.86. The Morgan fingerprint density at radius 3 is 2.77 bits per heavy atom. The molecular weight excluding hydrogens is 604 g/mol. The summed E-state index contributed by atoms with van der Waals surface area (Å²) in [5.74, 6) is 0.0207. The SMILES string of the molecule is Cn1c(C#N)nc([N+](=O)[O-])c1C[N+](C)(C)C/C=C/C(=O)Nc1cc2c(Nc3ccc(Br)c(Cl)c3)ncnc2cn1. The number of hydrogen-bond donors (Lipinski definition) is 2. The van der Waals surface area contributed by atoms with Crippen LogP contribution in [-0.2, 0) is 18.4 Å². The number of halogens is 2. The lowest BCUT2D eigenvalue weighted by atomic mass is 10.2. The minimum absolute atomic E-state index is 0.0381. The molecule has 0 aliphatic heterocycles. The van der Waals surface area contributed by atoms with Crippen molar-refractivity contribution in [1.29, 1.82) is 5.26 Å². The van der Waals surface area contributed by atoms with E-state index in [1.165, 1.54) is 23.2 Å². The number of nitrogens with zero attached hydrogens (tertiary/aromatic N) is 8. The lowest BCUT2D eigenvalue weighted by Crippen LogP contribution is -2.39. The lowest BCUT2D eigenvalue weighted by molar-refractivity contribution is -0.898. The van der Waals surface area contributed by atoms with Gasteiger partial charge in [-0.1, -0.05) is 11.6 Å². The Bertz CT molecular complexity index is 1700. The van der Waals surface area contributed by atoms with Crippen LogP contribution in [0, 0.1) is 21.4 Å². The number of carbonyl (C=O) groups is 1. The van der Waals surface area contributed by atoms with Crippen molar-refractivity contribution in [2.24, 2.45) is 7.05 Å². The Morgan fingerprint density at radius 1 is 1.30 bits per heavy atom. The molecule has 0 spiro atoms. The minimum atomic E-state index is -0.601. The van der Waals surface area contributed by atoms with Gasteiger partial charge in [-0.15, -0.1) is 0 Å². The van der Waals surface area contributed by atoms with E-state index in [-0.39, 0.29) is 22.7 Å². The zero-order valence-electron chi connectivity index (χ0n) is 21.6. The van der Waals surface area contributed by atoms with E-state index in [2.05, 4.69) is 46.5 Å². The van der Waals surface area contributed by atoms with Gasteiger partial charge in [-0.3, -0.25) is 9.36 Å². The number of carbonyl (C=O) groups excluding carboxylic acids is 1. The van der Waals surface area contributed by atoms with Gasteiger partial charge < -0.3 is 25.2 Å². The van der Waals surface area contributed by atoms with Crippen LogP contribution >= 0.6 is 27.5 Å². The molecule has 0 radical (unpaired) electrons. The minimum Gasteiger partial charge on any atom is -0.358 e. The van der Waals surface area contributed by atoms with Crippen LogP contribution in [0.4, 0.5) is 23.1 Å². The van der Waals surface area contributed by atoms with Gasteiger partial charge in [0.1, 0.15) is 24.5 Å². The standard InChI is InChI=1S/C25H22BrClN10O3/c1-35-20(25(36(39)40)34-22(35)11-28)13-37(2,3)8-4-5-23(38)33-21-10-16-19(12-29-21)30-14-31-24(16)32-15-6-7-17(26)18(27)9-15/h4-7,9-10,12,14H,8,13H2,1-3H3,(H-,29,30,31,32,33,38)/p+1/b5-4+.